The Labute approximate surface area is 370 Å². The number of rotatable bonds is 2. The normalized spacial score (nSPS) is 18.8. The van der Waals surface area contributed by atoms with Gasteiger partial charge in [-0.25, -0.2) is 0 Å². The van der Waals surface area contributed by atoms with Crippen LogP contribution in [0.5, 0.6) is 0 Å². The molecule has 2 heteroatoms. The highest BCUT2D eigenvalue weighted by Crippen LogP contribution is 2.67. The molecule has 0 N–H and O–H groups in total. The zero-order chi connectivity index (χ0) is 40.5. The number of allylic oxidation sites excluding steroid dienone is 5. The van der Waals surface area contributed by atoms with Crippen LogP contribution in [0.1, 0.15) is 51.4 Å². The van der Waals surface area contributed by atoms with Crippen molar-refractivity contribution in [3.8, 4) is 33.4 Å². The van der Waals surface area contributed by atoms with E-state index in [9.17, 15) is 0 Å². The fourth-order valence-corrected chi connectivity index (χ4v) is 13.7. The SMILES string of the molecule is C=C/C=C\C1=C(C)C2(c3cc(Br)ccc31)c1ccccc1-c1c2cc2c3cccc4c5c(cc(c6cccc1c26)c43)C1(c2ccccc2-c2ccc(Br)cc21)c1ccccc1-5. The highest BCUT2D eigenvalue weighted by Gasteiger charge is 2.54. The molecule has 10 aromatic rings. The Morgan fingerprint density at radius 3 is 1.46 bits per heavy atom. The van der Waals surface area contributed by atoms with Crippen molar-refractivity contribution in [1.82, 2.24) is 0 Å². The van der Waals surface area contributed by atoms with Crippen molar-refractivity contribution in [2.75, 3.05) is 0 Å². The minimum absolute atomic E-state index is 0.453. The molecule has 2 atom stereocenters. The molecule has 2 unspecified atom stereocenters. The second-order valence-corrected chi connectivity index (χ2v) is 19.1. The van der Waals surface area contributed by atoms with Crippen LogP contribution < -0.4 is 0 Å². The van der Waals surface area contributed by atoms with Gasteiger partial charge in [0.2, 0.25) is 0 Å². The largest absolute Gasteiger partial charge is 0.0991 e. The smallest absolute Gasteiger partial charge is 0.0726 e. The molecular weight excluding hydrogens is 868 g/mol. The molecule has 10 aromatic carbocycles. The van der Waals surface area contributed by atoms with Gasteiger partial charge in [0.25, 0.3) is 0 Å². The molecule has 0 bridgehead atoms. The fraction of sp³-hybridized carbons (Fsp3) is 0.0508. The molecule has 14 rings (SSSR count). The Kier molecular flexibility index (Phi) is 6.62. The molecule has 2 spiro atoms. The van der Waals surface area contributed by atoms with E-state index < -0.39 is 10.8 Å². The summed E-state index contributed by atoms with van der Waals surface area (Å²) in [6.07, 6.45) is 6.23. The van der Waals surface area contributed by atoms with E-state index in [1.165, 1.54) is 132 Å². The summed E-state index contributed by atoms with van der Waals surface area (Å²) in [7, 11) is 0. The Morgan fingerprint density at radius 1 is 0.410 bits per heavy atom. The number of halogens is 2. The summed E-state index contributed by atoms with van der Waals surface area (Å²) in [4.78, 5) is 0. The van der Waals surface area contributed by atoms with Crippen molar-refractivity contribution in [2.24, 2.45) is 0 Å². The molecule has 0 heterocycles. The Balaban J connectivity index is 1.17. The van der Waals surface area contributed by atoms with E-state index in [2.05, 4.69) is 215 Å². The maximum atomic E-state index is 4.05. The van der Waals surface area contributed by atoms with Gasteiger partial charge in [-0.15, -0.1) is 0 Å². The van der Waals surface area contributed by atoms with Gasteiger partial charge < -0.3 is 0 Å². The van der Waals surface area contributed by atoms with Gasteiger partial charge in [0.05, 0.1) is 10.8 Å². The molecule has 0 nitrogen and oxygen atoms in total. The van der Waals surface area contributed by atoms with E-state index in [0.29, 0.717) is 0 Å². The van der Waals surface area contributed by atoms with Crippen LogP contribution in [0.2, 0.25) is 0 Å². The minimum atomic E-state index is -0.457. The summed E-state index contributed by atoms with van der Waals surface area (Å²) in [5, 5.41) is 10.6. The van der Waals surface area contributed by atoms with Crippen LogP contribution in [0, 0.1) is 0 Å². The van der Waals surface area contributed by atoms with E-state index in [-0.39, 0.29) is 0 Å². The van der Waals surface area contributed by atoms with Crippen LogP contribution in [0.25, 0.3) is 82.0 Å². The van der Waals surface area contributed by atoms with Crippen LogP contribution in [0.4, 0.5) is 0 Å². The first-order valence-electron chi connectivity index (χ1n) is 21.1. The molecule has 0 fully saturated rings. The maximum absolute atomic E-state index is 4.05. The summed E-state index contributed by atoms with van der Waals surface area (Å²) < 4.78 is 2.19. The van der Waals surface area contributed by atoms with Crippen LogP contribution >= 0.6 is 31.9 Å². The van der Waals surface area contributed by atoms with Crippen LogP contribution in [0.3, 0.4) is 0 Å². The lowest BCUT2D eigenvalue weighted by Crippen LogP contribution is -2.26. The molecule has 0 aromatic heterocycles. The van der Waals surface area contributed by atoms with Gasteiger partial charge in [-0.2, -0.15) is 0 Å². The summed E-state index contributed by atoms with van der Waals surface area (Å²) in [5.41, 5.74) is 20.5. The highest BCUT2D eigenvalue weighted by molar-refractivity contribution is 9.10. The first kappa shape index (κ1) is 34.4. The van der Waals surface area contributed by atoms with Crippen molar-refractivity contribution in [3.63, 3.8) is 0 Å². The molecule has 0 aliphatic heterocycles. The van der Waals surface area contributed by atoms with Crippen LogP contribution in [-0.4, -0.2) is 0 Å². The molecular formula is C59H34Br2. The first-order valence-corrected chi connectivity index (χ1v) is 22.7. The maximum Gasteiger partial charge on any atom is 0.0726 e. The van der Waals surface area contributed by atoms with Gasteiger partial charge >= 0.3 is 0 Å². The van der Waals surface area contributed by atoms with Gasteiger partial charge in [-0.05, 0) is 175 Å². The van der Waals surface area contributed by atoms with E-state index >= 15 is 0 Å². The summed E-state index contributed by atoms with van der Waals surface area (Å²) in [6, 6.07) is 60.6. The lowest BCUT2D eigenvalue weighted by molar-refractivity contribution is 0.767. The predicted molar refractivity (Wildman–Crippen MR) is 263 cm³/mol. The first-order chi connectivity index (χ1) is 30.0. The Morgan fingerprint density at radius 2 is 0.869 bits per heavy atom. The average molecular weight is 903 g/mol. The van der Waals surface area contributed by atoms with E-state index in [0.717, 1.165) is 8.95 Å². The quantitative estimate of drug-likeness (QED) is 0.0921. The Bertz CT molecular complexity index is 3770. The van der Waals surface area contributed by atoms with Crippen molar-refractivity contribution < 1.29 is 0 Å². The summed E-state index contributed by atoms with van der Waals surface area (Å²) >= 11 is 7.84. The number of hydrogen-bond acceptors (Lipinski definition) is 0. The minimum Gasteiger partial charge on any atom is -0.0991 e. The number of fused-ring (bicyclic) bond motifs is 21. The van der Waals surface area contributed by atoms with E-state index in [4.69, 9.17) is 0 Å². The third kappa shape index (κ3) is 3.86. The van der Waals surface area contributed by atoms with Crippen molar-refractivity contribution in [3.05, 3.63) is 242 Å². The second-order valence-electron chi connectivity index (χ2n) is 17.3. The van der Waals surface area contributed by atoms with Crippen molar-refractivity contribution in [1.29, 1.82) is 0 Å². The highest BCUT2D eigenvalue weighted by atomic mass is 79.9. The Hall–Kier alpha value is -6.32. The third-order valence-electron chi connectivity index (χ3n) is 15.0. The molecule has 0 amide bonds. The summed E-state index contributed by atoms with van der Waals surface area (Å²) in [5.74, 6) is 0. The van der Waals surface area contributed by atoms with E-state index in [1.54, 1.807) is 0 Å². The molecule has 0 radical (unpaired) electrons. The van der Waals surface area contributed by atoms with Gasteiger partial charge in [-0.1, -0.05) is 178 Å². The lowest BCUT2D eigenvalue weighted by atomic mass is 9.69. The van der Waals surface area contributed by atoms with E-state index in [1.807, 2.05) is 6.08 Å². The van der Waals surface area contributed by atoms with Gasteiger partial charge in [0, 0.05) is 8.95 Å². The molecule has 4 aliphatic rings. The van der Waals surface area contributed by atoms with Crippen molar-refractivity contribution in [2.45, 2.75) is 17.8 Å². The van der Waals surface area contributed by atoms with Gasteiger partial charge in [0.15, 0.2) is 0 Å². The predicted octanol–water partition coefficient (Wildman–Crippen LogP) is 16.4. The number of hydrogen-bond donors (Lipinski definition) is 0. The summed E-state index contributed by atoms with van der Waals surface area (Å²) in [6.45, 7) is 6.41. The monoisotopic (exact) mass is 900 g/mol. The van der Waals surface area contributed by atoms with Crippen molar-refractivity contribution >= 4 is 80.5 Å². The molecule has 0 saturated heterocycles. The van der Waals surface area contributed by atoms with Gasteiger partial charge in [-0.3, -0.25) is 0 Å². The molecule has 61 heavy (non-hydrogen) atoms. The third-order valence-corrected chi connectivity index (χ3v) is 15.9. The zero-order valence-electron chi connectivity index (χ0n) is 33.2. The number of benzene rings is 10. The fourth-order valence-electron chi connectivity index (χ4n) is 12.9. The van der Waals surface area contributed by atoms with Gasteiger partial charge in [0.1, 0.15) is 0 Å². The topological polar surface area (TPSA) is 0 Å². The second kappa shape index (κ2) is 11.7. The molecule has 0 saturated carbocycles. The lowest BCUT2D eigenvalue weighted by Gasteiger charge is -2.32. The van der Waals surface area contributed by atoms with Crippen LogP contribution in [-0.2, 0) is 10.8 Å². The molecule has 284 valence electrons. The zero-order valence-corrected chi connectivity index (χ0v) is 36.4. The average Bonchev–Trinajstić information content (AvgIpc) is 3.95. The molecule has 4 aliphatic carbocycles. The standard InChI is InChI=1S/C59H34Br2/c1-3-4-13-35-32(2)58(50-28-33(60)24-26-37(35)50)48-22-9-6-15-41(48)56-43-19-11-18-40-46-31-53-57(44-20-12-17-39(55(44)46)45(54(40)43)30-52(56)58)42-16-7-10-23-49(42)59(53)47-21-8-5-14-36(47)38-27-25-34(61)29-51(38)59/h3-31H,1H2,2H3/b13-4-. The van der Waals surface area contributed by atoms with Crippen LogP contribution in [0.15, 0.2) is 197 Å².